The van der Waals surface area contributed by atoms with E-state index < -0.39 is 5.97 Å². The predicted molar refractivity (Wildman–Crippen MR) is 163 cm³/mol. The summed E-state index contributed by atoms with van der Waals surface area (Å²) in [6, 6.07) is 6.54. The third kappa shape index (κ3) is 19.2. The maximum Gasteiger partial charge on any atom is 0.308 e. The van der Waals surface area contributed by atoms with Crippen LogP contribution in [0, 0.1) is 0 Å². The van der Waals surface area contributed by atoms with E-state index in [1.165, 1.54) is 6.92 Å². The molecule has 0 atom stereocenters. The summed E-state index contributed by atoms with van der Waals surface area (Å²) in [6.07, 6.45) is 33.0. The zero-order chi connectivity index (χ0) is 29.1. The Morgan fingerprint density at radius 2 is 1.27 bits per heavy atom. The van der Waals surface area contributed by atoms with E-state index in [0.717, 1.165) is 38.5 Å². The van der Waals surface area contributed by atoms with Crippen molar-refractivity contribution in [2.45, 2.75) is 71.6 Å². The molecule has 216 valence electrons. The number of amides is 1. The average Bonchev–Trinajstić information content (AvgIpc) is 2.94. The third-order valence-corrected chi connectivity index (χ3v) is 5.37. The molecule has 1 aromatic carbocycles. The Kier molecular flexibility index (Phi) is 20.6. The lowest BCUT2D eigenvalue weighted by atomic mass is 10.2. The highest BCUT2D eigenvalue weighted by Gasteiger charge is 2.13. The molecular formula is C34H45NO5. The molecule has 0 fully saturated rings. The number of allylic oxidation sites excluding steroid dienone is 12. The first-order valence-corrected chi connectivity index (χ1v) is 14.2. The van der Waals surface area contributed by atoms with E-state index in [9.17, 15) is 14.4 Å². The van der Waals surface area contributed by atoms with E-state index >= 15 is 0 Å². The van der Waals surface area contributed by atoms with E-state index in [1.807, 2.05) is 12.2 Å². The van der Waals surface area contributed by atoms with Crippen LogP contribution < -0.4 is 10.1 Å². The van der Waals surface area contributed by atoms with Gasteiger partial charge in [-0.2, -0.15) is 0 Å². The number of esters is 2. The fourth-order valence-electron chi connectivity index (χ4n) is 3.37. The van der Waals surface area contributed by atoms with Crippen molar-refractivity contribution < 1.29 is 23.9 Å². The molecular weight excluding hydrogens is 502 g/mol. The SMILES string of the molecule is CC/C=C\C/C=C\C/C=C\C/C=C\C/C=C\C/C=C\CCC(=O)OCCCNC(=O)c1ccccc1OC(C)=O. The molecule has 0 saturated carbocycles. The van der Waals surface area contributed by atoms with Crippen LogP contribution in [0.4, 0.5) is 0 Å². The molecule has 0 aromatic heterocycles. The molecule has 0 heterocycles. The van der Waals surface area contributed by atoms with Crippen molar-refractivity contribution in [3.8, 4) is 5.75 Å². The molecule has 40 heavy (non-hydrogen) atoms. The lowest BCUT2D eigenvalue weighted by molar-refractivity contribution is -0.143. The van der Waals surface area contributed by atoms with Gasteiger partial charge in [0.15, 0.2) is 0 Å². The van der Waals surface area contributed by atoms with Crippen LogP contribution in [0.15, 0.2) is 97.2 Å². The summed E-state index contributed by atoms with van der Waals surface area (Å²) >= 11 is 0. The highest BCUT2D eigenvalue weighted by atomic mass is 16.5. The number of ether oxygens (including phenoxy) is 2. The lowest BCUT2D eigenvalue weighted by Crippen LogP contribution is -2.26. The highest BCUT2D eigenvalue weighted by molar-refractivity contribution is 5.97. The van der Waals surface area contributed by atoms with E-state index in [1.54, 1.807) is 24.3 Å². The van der Waals surface area contributed by atoms with Gasteiger partial charge in [0, 0.05) is 19.9 Å². The summed E-state index contributed by atoms with van der Waals surface area (Å²) in [5.74, 6) is -0.878. The Morgan fingerprint density at radius 1 is 0.750 bits per heavy atom. The standard InChI is InChI=1S/C34H45NO5/c1-3-4-5-6-7-8-9-10-11-12-13-14-15-16-17-18-19-20-21-27-33(37)39-29-24-28-35-34(38)31-25-22-23-26-32(31)40-30(2)36/h4-5,7-8,10-11,13-14,16-17,19-20,22-23,25-26H,3,6,9,12,15,18,21,24,27-29H2,1-2H3,(H,35,38)/b5-4-,8-7-,11-10-,14-13-,17-16-,20-19-. The van der Waals surface area contributed by atoms with E-state index in [2.05, 4.69) is 73.0 Å². The monoisotopic (exact) mass is 547 g/mol. The van der Waals surface area contributed by atoms with Gasteiger partial charge in [0.25, 0.3) is 5.91 Å². The predicted octanol–water partition coefficient (Wildman–Crippen LogP) is 7.75. The van der Waals surface area contributed by atoms with Gasteiger partial charge in [-0.05, 0) is 63.5 Å². The Labute approximate surface area is 240 Å². The van der Waals surface area contributed by atoms with Gasteiger partial charge >= 0.3 is 11.9 Å². The second kappa shape index (κ2) is 24.1. The van der Waals surface area contributed by atoms with Gasteiger partial charge < -0.3 is 14.8 Å². The smallest absolute Gasteiger partial charge is 0.308 e. The zero-order valence-electron chi connectivity index (χ0n) is 24.1. The second-order valence-electron chi connectivity index (χ2n) is 8.87. The number of hydrogen-bond acceptors (Lipinski definition) is 5. The van der Waals surface area contributed by atoms with Crippen LogP contribution in [-0.2, 0) is 14.3 Å². The number of nitrogens with one attached hydrogen (secondary N) is 1. The molecule has 0 aliphatic rings. The minimum atomic E-state index is -0.490. The minimum absolute atomic E-state index is 0.216. The molecule has 1 rings (SSSR count). The highest BCUT2D eigenvalue weighted by Crippen LogP contribution is 2.17. The van der Waals surface area contributed by atoms with Gasteiger partial charge in [-0.1, -0.05) is 92.0 Å². The molecule has 0 radical (unpaired) electrons. The molecule has 0 unspecified atom stereocenters. The Bertz CT molecular complexity index is 1050. The number of para-hydroxylation sites is 1. The van der Waals surface area contributed by atoms with Gasteiger partial charge in [0.2, 0.25) is 0 Å². The quantitative estimate of drug-likeness (QED) is 0.0781. The topological polar surface area (TPSA) is 81.7 Å². The molecule has 1 N–H and O–H groups in total. The van der Waals surface area contributed by atoms with E-state index in [4.69, 9.17) is 9.47 Å². The Balaban J connectivity index is 2.04. The van der Waals surface area contributed by atoms with Crippen LogP contribution in [0.25, 0.3) is 0 Å². The van der Waals surface area contributed by atoms with Crippen molar-refractivity contribution in [1.82, 2.24) is 5.32 Å². The van der Waals surface area contributed by atoms with Crippen molar-refractivity contribution in [2.24, 2.45) is 0 Å². The Morgan fingerprint density at radius 3 is 1.82 bits per heavy atom. The molecule has 0 bridgehead atoms. The van der Waals surface area contributed by atoms with Gasteiger partial charge in [0.1, 0.15) is 5.75 Å². The number of hydrogen-bond donors (Lipinski definition) is 1. The normalized spacial score (nSPS) is 12.1. The van der Waals surface area contributed by atoms with Crippen LogP contribution in [-0.4, -0.2) is 31.0 Å². The second-order valence-corrected chi connectivity index (χ2v) is 8.87. The Hall–Kier alpha value is -3.93. The van der Waals surface area contributed by atoms with Crippen molar-refractivity contribution >= 4 is 17.8 Å². The number of carbonyl (C=O) groups excluding carboxylic acids is 3. The molecule has 6 heteroatoms. The van der Waals surface area contributed by atoms with Crippen molar-refractivity contribution in [2.75, 3.05) is 13.2 Å². The van der Waals surface area contributed by atoms with Crippen LogP contribution >= 0.6 is 0 Å². The zero-order valence-corrected chi connectivity index (χ0v) is 24.1. The van der Waals surface area contributed by atoms with Crippen LogP contribution in [0.3, 0.4) is 0 Å². The van der Waals surface area contributed by atoms with E-state index in [0.29, 0.717) is 25.8 Å². The molecule has 1 aromatic rings. The van der Waals surface area contributed by atoms with Crippen LogP contribution in [0.1, 0.15) is 82.0 Å². The maximum absolute atomic E-state index is 12.3. The lowest BCUT2D eigenvalue weighted by Gasteiger charge is -2.09. The third-order valence-electron chi connectivity index (χ3n) is 5.37. The van der Waals surface area contributed by atoms with Gasteiger partial charge in [-0.25, -0.2) is 0 Å². The summed E-state index contributed by atoms with van der Waals surface area (Å²) in [5, 5.41) is 2.74. The van der Waals surface area contributed by atoms with Gasteiger partial charge in [-0.3, -0.25) is 14.4 Å². The first kappa shape index (κ1) is 34.1. The largest absolute Gasteiger partial charge is 0.466 e. The van der Waals surface area contributed by atoms with Gasteiger partial charge in [0.05, 0.1) is 12.2 Å². The molecule has 0 aliphatic carbocycles. The number of rotatable bonds is 20. The maximum atomic E-state index is 12.3. The minimum Gasteiger partial charge on any atom is -0.466 e. The first-order chi connectivity index (χ1) is 19.5. The van der Waals surface area contributed by atoms with Crippen molar-refractivity contribution in [1.29, 1.82) is 0 Å². The first-order valence-electron chi connectivity index (χ1n) is 14.2. The van der Waals surface area contributed by atoms with Crippen molar-refractivity contribution in [3.05, 3.63) is 103 Å². The molecule has 0 spiro atoms. The molecule has 6 nitrogen and oxygen atoms in total. The number of benzene rings is 1. The van der Waals surface area contributed by atoms with Gasteiger partial charge in [-0.15, -0.1) is 0 Å². The van der Waals surface area contributed by atoms with Crippen LogP contribution in [0.5, 0.6) is 5.75 Å². The molecule has 1 amide bonds. The van der Waals surface area contributed by atoms with Crippen LogP contribution in [0.2, 0.25) is 0 Å². The average molecular weight is 548 g/mol. The number of carbonyl (C=O) groups is 3. The summed E-state index contributed by atoms with van der Waals surface area (Å²) in [7, 11) is 0. The summed E-state index contributed by atoms with van der Waals surface area (Å²) < 4.78 is 10.3. The molecule has 0 saturated heterocycles. The summed E-state index contributed by atoms with van der Waals surface area (Å²) in [4.78, 5) is 35.4. The summed E-state index contributed by atoms with van der Waals surface area (Å²) in [5.41, 5.74) is 0.283. The van der Waals surface area contributed by atoms with E-state index in [-0.39, 0.29) is 29.8 Å². The fourth-order valence-corrected chi connectivity index (χ4v) is 3.37. The fraction of sp³-hybridized carbons (Fsp3) is 0.382. The molecule has 0 aliphatic heterocycles. The van der Waals surface area contributed by atoms with Crippen molar-refractivity contribution in [3.63, 3.8) is 0 Å². The summed E-state index contributed by atoms with van der Waals surface area (Å²) in [6.45, 7) is 4.00.